The van der Waals surface area contributed by atoms with Crippen molar-refractivity contribution >= 4 is 5.78 Å². The lowest BCUT2D eigenvalue weighted by Crippen LogP contribution is -2.28. The molecule has 0 N–H and O–H groups in total. The molecule has 3 atom stereocenters. The zero-order valence-corrected chi connectivity index (χ0v) is 9.02. The number of ether oxygens (including phenoxy) is 1. The van der Waals surface area contributed by atoms with E-state index in [-0.39, 0.29) is 17.9 Å². The van der Waals surface area contributed by atoms with Gasteiger partial charge in [-0.3, -0.25) is 4.79 Å². The Balaban J connectivity index is 1.60. The normalized spacial score (nSPS) is 40.3. The number of carbonyl (C=O) groups excluding carboxylic acids is 1. The van der Waals surface area contributed by atoms with E-state index < -0.39 is 0 Å². The van der Waals surface area contributed by atoms with Crippen molar-refractivity contribution in [2.24, 2.45) is 11.8 Å². The Labute approximate surface area is 90.7 Å². The molecule has 2 bridgehead atoms. The quantitative estimate of drug-likeness (QED) is 0.649. The highest BCUT2D eigenvalue weighted by molar-refractivity contribution is 5.92. The zero-order valence-electron chi connectivity index (χ0n) is 9.02. The molecule has 0 aromatic rings. The van der Waals surface area contributed by atoms with Crippen molar-refractivity contribution in [2.75, 3.05) is 0 Å². The van der Waals surface area contributed by atoms with Gasteiger partial charge >= 0.3 is 0 Å². The summed E-state index contributed by atoms with van der Waals surface area (Å²) < 4.78 is 6.08. The monoisotopic (exact) mass is 206 g/mol. The average molecular weight is 206 g/mol. The van der Waals surface area contributed by atoms with Crippen molar-refractivity contribution in [3.05, 3.63) is 12.2 Å². The summed E-state index contributed by atoms with van der Waals surface area (Å²) in [4.78, 5) is 11.7. The second-order valence-corrected chi connectivity index (χ2v) is 5.09. The third-order valence-corrected chi connectivity index (χ3v) is 4.05. The minimum absolute atomic E-state index is 0.0944. The van der Waals surface area contributed by atoms with Crippen molar-refractivity contribution in [1.82, 2.24) is 0 Å². The molecule has 0 radical (unpaired) electrons. The molecule has 0 spiro atoms. The van der Waals surface area contributed by atoms with Gasteiger partial charge in [-0.05, 0) is 19.3 Å². The van der Waals surface area contributed by atoms with E-state index in [0.29, 0.717) is 11.9 Å². The first-order valence-corrected chi connectivity index (χ1v) is 6.22. The lowest BCUT2D eigenvalue weighted by Gasteiger charge is -2.27. The summed E-state index contributed by atoms with van der Waals surface area (Å²) in [5.41, 5.74) is 0. The summed E-state index contributed by atoms with van der Waals surface area (Å²) >= 11 is 0. The largest absolute Gasteiger partial charge is 0.374 e. The van der Waals surface area contributed by atoms with Crippen LogP contribution in [-0.2, 0) is 9.53 Å². The molecule has 0 aromatic carbocycles. The van der Waals surface area contributed by atoms with E-state index in [2.05, 4.69) is 12.2 Å². The topological polar surface area (TPSA) is 26.3 Å². The molecule has 3 rings (SSSR count). The molecule has 2 heteroatoms. The number of ketones is 1. The molecule has 3 unspecified atom stereocenters. The highest BCUT2D eigenvalue weighted by atomic mass is 16.5. The van der Waals surface area contributed by atoms with Crippen molar-refractivity contribution in [3.63, 3.8) is 0 Å². The molecule has 2 nitrogen and oxygen atoms in total. The van der Waals surface area contributed by atoms with Gasteiger partial charge in [0.25, 0.3) is 0 Å². The van der Waals surface area contributed by atoms with Gasteiger partial charge in [-0.2, -0.15) is 0 Å². The van der Waals surface area contributed by atoms with E-state index in [1.165, 1.54) is 32.1 Å². The van der Waals surface area contributed by atoms with Crippen molar-refractivity contribution in [1.29, 1.82) is 0 Å². The predicted molar refractivity (Wildman–Crippen MR) is 57.5 cm³/mol. The number of Topliss-reactive ketones (excluding diaryl/α,β-unsaturated/α-hetero) is 1. The molecular formula is C13H18O2. The van der Waals surface area contributed by atoms with Crippen LogP contribution in [0.2, 0.25) is 0 Å². The molecule has 0 aromatic heterocycles. The minimum Gasteiger partial charge on any atom is -0.374 e. The van der Waals surface area contributed by atoms with Gasteiger partial charge in [0.2, 0.25) is 0 Å². The zero-order chi connectivity index (χ0) is 10.3. The van der Waals surface area contributed by atoms with Crippen molar-refractivity contribution < 1.29 is 9.53 Å². The first kappa shape index (κ1) is 9.59. The Hall–Kier alpha value is -0.630. The Kier molecular flexibility index (Phi) is 2.39. The average Bonchev–Trinajstić information content (AvgIpc) is 2.75. The molecule has 0 saturated heterocycles. The van der Waals surface area contributed by atoms with Gasteiger partial charge in [0.1, 0.15) is 5.78 Å². The summed E-state index contributed by atoms with van der Waals surface area (Å²) in [6.07, 6.45) is 12.1. The maximum Gasteiger partial charge on any atom is 0.149 e. The summed E-state index contributed by atoms with van der Waals surface area (Å²) in [6.45, 7) is 0. The van der Waals surface area contributed by atoms with Crippen molar-refractivity contribution in [2.45, 2.75) is 50.7 Å². The molecular weight excluding hydrogens is 188 g/mol. The van der Waals surface area contributed by atoms with E-state index in [9.17, 15) is 4.79 Å². The number of allylic oxidation sites excluding steroid dienone is 1. The third kappa shape index (κ3) is 1.65. The van der Waals surface area contributed by atoms with Gasteiger partial charge in [-0.25, -0.2) is 0 Å². The van der Waals surface area contributed by atoms with Crippen LogP contribution in [0.4, 0.5) is 0 Å². The molecule has 15 heavy (non-hydrogen) atoms. The fraction of sp³-hybridized carbons (Fsp3) is 0.769. The van der Waals surface area contributed by atoms with Gasteiger partial charge in [0, 0.05) is 5.92 Å². The maximum atomic E-state index is 11.7. The second-order valence-electron chi connectivity index (χ2n) is 5.09. The third-order valence-electron chi connectivity index (χ3n) is 4.05. The predicted octanol–water partition coefficient (Wildman–Crippen LogP) is 2.48. The maximum absolute atomic E-state index is 11.7. The smallest absolute Gasteiger partial charge is 0.149 e. The van der Waals surface area contributed by atoms with Crippen molar-refractivity contribution in [3.8, 4) is 0 Å². The number of fused-ring (bicyclic) bond motifs is 2. The molecule has 3 aliphatic carbocycles. The summed E-state index contributed by atoms with van der Waals surface area (Å²) in [5, 5.41) is 0. The van der Waals surface area contributed by atoms with Gasteiger partial charge < -0.3 is 4.74 Å². The molecule has 0 heterocycles. The lowest BCUT2D eigenvalue weighted by atomic mass is 9.96. The number of carbonyl (C=O) groups is 1. The summed E-state index contributed by atoms with van der Waals surface area (Å²) in [7, 11) is 0. The lowest BCUT2D eigenvalue weighted by molar-refractivity contribution is -0.122. The van der Waals surface area contributed by atoms with Crippen LogP contribution in [0.3, 0.4) is 0 Å². The SMILES string of the molecule is O=C1C2C=CC1C(OC1CCCCC1)C2. The number of hydrogen-bond donors (Lipinski definition) is 0. The molecule has 2 fully saturated rings. The summed E-state index contributed by atoms with van der Waals surface area (Å²) in [6, 6.07) is 0. The first-order chi connectivity index (χ1) is 7.34. The first-order valence-electron chi connectivity index (χ1n) is 6.22. The highest BCUT2D eigenvalue weighted by Gasteiger charge is 2.44. The Morgan fingerprint density at radius 3 is 2.53 bits per heavy atom. The van der Waals surface area contributed by atoms with Crippen LogP contribution in [0.1, 0.15) is 38.5 Å². The summed E-state index contributed by atoms with van der Waals surface area (Å²) in [5.74, 6) is 0.677. The fourth-order valence-corrected chi connectivity index (χ4v) is 3.18. The Morgan fingerprint density at radius 1 is 1.13 bits per heavy atom. The Morgan fingerprint density at radius 2 is 1.93 bits per heavy atom. The van der Waals surface area contributed by atoms with Crippen LogP contribution < -0.4 is 0 Å². The van der Waals surface area contributed by atoms with Crippen LogP contribution >= 0.6 is 0 Å². The molecule has 3 aliphatic rings. The minimum atomic E-state index is 0.0944. The van der Waals surface area contributed by atoms with E-state index in [0.717, 1.165) is 6.42 Å². The molecule has 0 aliphatic heterocycles. The number of rotatable bonds is 2. The molecule has 2 saturated carbocycles. The number of hydrogen-bond acceptors (Lipinski definition) is 2. The van der Waals surface area contributed by atoms with E-state index in [1.807, 2.05) is 0 Å². The van der Waals surface area contributed by atoms with E-state index >= 15 is 0 Å². The van der Waals surface area contributed by atoms with Crippen LogP contribution in [0, 0.1) is 11.8 Å². The second kappa shape index (κ2) is 3.75. The van der Waals surface area contributed by atoms with Gasteiger partial charge in [0.05, 0.1) is 18.1 Å². The standard InChI is InChI=1S/C13H18O2/c14-13-9-6-7-11(13)12(8-9)15-10-4-2-1-3-5-10/h6-7,9-12H,1-5,8H2. The highest BCUT2D eigenvalue weighted by Crippen LogP contribution is 2.39. The van der Waals surface area contributed by atoms with Gasteiger partial charge in [-0.1, -0.05) is 31.4 Å². The molecule has 82 valence electrons. The van der Waals surface area contributed by atoms with Gasteiger partial charge in [-0.15, -0.1) is 0 Å². The molecule has 0 amide bonds. The fourth-order valence-electron chi connectivity index (χ4n) is 3.18. The van der Waals surface area contributed by atoms with E-state index in [4.69, 9.17) is 4.74 Å². The van der Waals surface area contributed by atoms with Crippen LogP contribution in [0.25, 0.3) is 0 Å². The van der Waals surface area contributed by atoms with Crippen LogP contribution in [0.15, 0.2) is 12.2 Å². The van der Waals surface area contributed by atoms with E-state index in [1.54, 1.807) is 0 Å². The Bertz CT molecular complexity index is 289. The van der Waals surface area contributed by atoms with Gasteiger partial charge in [0.15, 0.2) is 0 Å². The van der Waals surface area contributed by atoms with Crippen LogP contribution in [-0.4, -0.2) is 18.0 Å². The van der Waals surface area contributed by atoms with Crippen LogP contribution in [0.5, 0.6) is 0 Å².